The zero-order chi connectivity index (χ0) is 20.0. The van der Waals surface area contributed by atoms with Crippen molar-refractivity contribution in [2.24, 2.45) is 4.99 Å². The van der Waals surface area contributed by atoms with Gasteiger partial charge in [0.2, 0.25) is 0 Å². The van der Waals surface area contributed by atoms with Crippen LogP contribution in [0.3, 0.4) is 0 Å². The summed E-state index contributed by atoms with van der Waals surface area (Å²) in [6.07, 6.45) is 1.46. The Morgan fingerprint density at radius 1 is 1.17 bits per heavy atom. The first-order valence-corrected chi connectivity index (χ1v) is 11.3. The highest BCUT2D eigenvalue weighted by Gasteiger charge is 2.30. The van der Waals surface area contributed by atoms with Crippen molar-refractivity contribution in [3.05, 3.63) is 30.3 Å². The van der Waals surface area contributed by atoms with Crippen LogP contribution in [0.5, 0.6) is 0 Å². The summed E-state index contributed by atoms with van der Waals surface area (Å²) in [6.45, 7) is 3.48. The van der Waals surface area contributed by atoms with Crippen LogP contribution in [-0.2, 0) is 19.4 Å². The number of sulfone groups is 1. The largest absolute Gasteiger partial charge is 0.368 e. The predicted molar refractivity (Wildman–Crippen MR) is 122 cm³/mol. The monoisotopic (exact) mass is 536 g/mol. The van der Waals surface area contributed by atoms with Gasteiger partial charge >= 0.3 is 0 Å². The van der Waals surface area contributed by atoms with E-state index >= 15 is 0 Å². The number of carbonyl (C=O) groups is 1. The number of rotatable bonds is 5. The quantitative estimate of drug-likeness (QED) is 0.343. The van der Waals surface area contributed by atoms with E-state index in [0.29, 0.717) is 43.6 Å². The Hall–Kier alpha value is -1.40. The van der Waals surface area contributed by atoms with Crippen LogP contribution in [0.25, 0.3) is 0 Å². The highest BCUT2D eigenvalue weighted by Crippen LogP contribution is 2.16. The molecule has 0 bridgehead atoms. The van der Waals surface area contributed by atoms with Gasteiger partial charge in [0, 0.05) is 46.4 Å². The zero-order valence-corrected chi connectivity index (χ0v) is 19.8. The molecule has 2 aliphatic heterocycles. The first-order chi connectivity index (χ1) is 13.5. The summed E-state index contributed by atoms with van der Waals surface area (Å²) in [4.78, 5) is 20.9. The number of amides is 1. The molecule has 0 aliphatic carbocycles. The Labute approximate surface area is 189 Å². The Morgan fingerprint density at radius 2 is 1.83 bits per heavy atom. The molecule has 1 unspecified atom stereocenters. The molecule has 8 nitrogen and oxygen atoms in total. The zero-order valence-electron chi connectivity index (χ0n) is 16.6. The number of ether oxygens (including phenoxy) is 1. The predicted octanol–water partition coefficient (Wildman–Crippen LogP) is 0.977. The third kappa shape index (κ3) is 6.29. The van der Waals surface area contributed by atoms with Gasteiger partial charge < -0.3 is 19.9 Å². The number of guanidine groups is 1. The standard InChI is InChI=1S/C19H28N4O4S.HI/c1-20-19(21-9-15-28(25,26)16-6-3-2-4-7-16)23-12-10-22(11-13-23)18(24)17-8-5-14-27-17;/h2-4,6-7,17H,5,8-15H2,1H3,(H,20,21);1H. The summed E-state index contributed by atoms with van der Waals surface area (Å²) >= 11 is 0. The average molecular weight is 536 g/mol. The molecule has 1 aromatic rings. The number of halogens is 1. The van der Waals surface area contributed by atoms with E-state index in [1.54, 1.807) is 37.4 Å². The van der Waals surface area contributed by atoms with E-state index in [0.717, 1.165) is 12.8 Å². The Bertz CT molecular complexity index is 790. The van der Waals surface area contributed by atoms with Crippen LogP contribution in [0.1, 0.15) is 12.8 Å². The fourth-order valence-corrected chi connectivity index (χ4v) is 4.67. The molecule has 1 amide bonds. The molecule has 3 rings (SSSR count). The topological polar surface area (TPSA) is 91.3 Å². The molecular weight excluding hydrogens is 507 g/mol. The van der Waals surface area contributed by atoms with Crippen LogP contribution >= 0.6 is 24.0 Å². The SMILES string of the molecule is CN=C(NCCS(=O)(=O)c1ccccc1)N1CCN(C(=O)C2CCCO2)CC1.I. The lowest BCUT2D eigenvalue weighted by molar-refractivity contribution is -0.142. The van der Waals surface area contributed by atoms with Crippen LogP contribution in [0.15, 0.2) is 40.2 Å². The van der Waals surface area contributed by atoms with Gasteiger partial charge in [0.15, 0.2) is 15.8 Å². The summed E-state index contributed by atoms with van der Waals surface area (Å²) in [5.74, 6) is 0.731. The van der Waals surface area contributed by atoms with Crippen molar-refractivity contribution >= 4 is 45.7 Å². The van der Waals surface area contributed by atoms with Crippen LogP contribution in [0, 0.1) is 0 Å². The fraction of sp³-hybridized carbons (Fsp3) is 0.579. The molecule has 1 aromatic carbocycles. The lowest BCUT2D eigenvalue weighted by atomic mass is 10.2. The number of hydrogen-bond donors (Lipinski definition) is 1. The summed E-state index contributed by atoms with van der Waals surface area (Å²) in [7, 11) is -1.65. The number of aliphatic imine (C=N–C) groups is 1. The molecule has 2 fully saturated rings. The number of nitrogens with zero attached hydrogens (tertiary/aromatic N) is 3. The van der Waals surface area contributed by atoms with E-state index < -0.39 is 9.84 Å². The molecule has 1 atom stereocenters. The molecule has 0 radical (unpaired) electrons. The minimum absolute atomic E-state index is 0. The van der Waals surface area contributed by atoms with Crippen LogP contribution in [0.4, 0.5) is 0 Å². The van der Waals surface area contributed by atoms with E-state index in [1.807, 2.05) is 4.90 Å². The molecule has 0 aromatic heterocycles. The lowest BCUT2D eigenvalue weighted by Gasteiger charge is -2.37. The molecule has 2 heterocycles. The van der Waals surface area contributed by atoms with Gasteiger partial charge in [0.25, 0.3) is 5.91 Å². The van der Waals surface area contributed by atoms with Crippen molar-refractivity contribution < 1.29 is 17.9 Å². The fourth-order valence-electron chi connectivity index (χ4n) is 3.49. The molecule has 1 N–H and O–H groups in total. The van der Waals surface area contributed by atoms with Gasteiger partial charge in [-0.2, -0.15) is 0 Å². The smallest absolute Gasteiger partial charge is 0.251 e. The lowest BCUT2D eigenvalue weighted by Crippen LogP contribution is -2.55. The van der Waals surface area contributed by atoms with Crippen LogP contribution in [0.2, 0.25) is 0 Å². The highest BCUT2D eigenvalue weighted by molar-refractivity contribution is 14.0. The first-order valence-electron chi connectivity index (χ1n) is 9.65. The van der Waals surface area contributed by atoms with E-state index in [-0.39, 0.29) is 48.3 Å². The number of nitrogens with one attached hydrogen (secondary N) is 1. The Balaban J connectivity index is 0.00000300. The van der Waals surface area contributed by atoms with Crippen molar-refractivity contribution in [2.75, 3.05) is 52.1 Å². The Kier molecular flexibility index (Phi) is 9.15. The molecule has 2 saturated heterocycles. The van der Waals surface area contributed by atoms with E-state index in [2.05, 4.69) is 15.2 Å². The molecule has 10 heteroatoms. The molecule has 29 heavy (non-hydrogen) atoms. The summed E-state index contributed by atoms with van der Waals surface area (Å²) in [6, 6.07) is 8.44. The number of carbonyl (C=O) groups excluding carboxylic acids is 1. The normalized spacial score (nSPS) is 20.3. The second-order valence-corrected chi connectivity index (χ2v) is 9.03. The maximum atomic E-state index is 12.4. The number of piperazine rings is 1. The maximum Gasteiger partial charge on any atom is 0.251 e. The number of hydrogen-bond acceptors (Lipinski definition) is 5. The second kappa shape index (κ2) is 11.1. The first kappa shape index (κ1) is 23.9. The van der Waals surface area contributed by atoms with E-state index in [9.17, 15) is 13.2 Å². The van der Waals surface area contributed by atoms with E-state index in [4.69, 9.17) is 4.74 Å². The average Bonchev–Trinajstić information content (AvgIpc) is 3.26. The van der Waals surface area contributed by atoms with Crippen molar-refractivity contribution in [3.8, 4) is 0 Å². The minimum Gasteiger partial charge on any atom is -0.368 e. The van der Waals surface area contributed by atoms with Gasteiger partial charge in [-0.1, -0.05) is 18.2 Å². The van der Waals surface area contributed by atoms with Gasteiger partial charge in [0.1, 0.15) is 6.10 Å². The van der Waals surface area contributed by atoms with Crippen LogP contribution < -0.4 is 5.32 Å². The molecule has 2 aliphatic rings. The third-order valence-electron chi connectivity index (χ3n) is 5.06. The van der Waals surface area contributed by atoms with Crippen LogP contribution in [-0.4, -0.2) is 88.3 Å². The third-order valence-corrected chi connectivity index (χ3v) is 6.80. The van der Waals surface area contributed by atoms with E-state index in [1.165, 1.54) is 0 Å². The summed E-state index contributed by atoms with van der Waals surface area (Å²) in [5.41, 5.74) is 0. The minimum atomic E-state index is -3.33. The maximum absolute atomic E-state index is 12.4. The van der Waals surface area contributed by atoms with Gasteiger partial charge in [-0.05, 0) is 25.0 Å². The summed E-state index contributed by atoms with van der Waals surface area (Å²) in [5, 5.41) is 3.13. The molecule has 0 spiro atoms. The van der Waals surface area contributed by atoms with Gasteiger partial charge in [-0.25, -0.2) is 8.42 Å². The van der Waals surface area contributed by atoms with Gasteiger partial charge in [0.05, 0.1) is 10.6 Å². The van der Waals surface area contributed by atoms with Crippen molar-refractivity contribution in [3.63, 3.8) is 0 Å². The second-order valence-electron chi connectivity index (χ2n) is 6.92. The molecular formula is C19H29IN4O4S. The van der Waals surface area contributed by atoms with Gasteiger partial charge in [-0.3, -0.25) is 9.79 Å². The molecule has 0 saturated carbocycles. The summed E-state index contributed by atoms with van der Waals surface area (Å²) < 4.78 is 30.2. The van der Waals surface area contributed by atoms with Crippen molar-refractivity contribution in [1.29, 1.82) is 0 Å². The Morgan fingerprint density at radius 3 is 2.41 bits per heavy atom. The highest BCUT2D eigenvalue weighted by atomic mass is 127. The number of benzene rings is 1. The van der Waals surface area contributed by atoms with Crippen molar-refractivity contribution in [1.82, 2.24) is 15.1 Å². The molecule has 162 valence electrons. The van der Waals surface area contributed by atoms with Crippen molar-refractivity contribution in [2.45, 2.75) is 23.8 Å². The van der Waals surface area contributed by atoms with Gasteiger partial charge in [-0.15, -0.1) is 24.0 Å².